The van der Waals surface area contributed by atoms with Gasteiger partial charge in [0, 0.05) is 9.61 Å². The van der Waals surface area contributed by atoms with E-state index in [1.54, 1.807) is 24.3 Å². The molecule has 0 spiro atoms. The number of anilines is 1. The molecule has 0 N–H and O–H groups in total. The van der Waals surface area contributed by atoms with E-state index < -0.39 is 33.7 Å². The van der Waals surface area contributed by atoms with Crippen molar-refractivity contribution < 1.29 is 22.4 Å². The average Bonchev–Trinajstić information content (AvgIpc) is 3.32. The maximum absolute atomic E-state index is 13.5. The summed E-state index contributed by atoms with van der Waals surface area (Å²) >= 11 is 2.13. The number of hydrogen-bond donors (Lipinski definition) is 0. The van der Waals surface area contributed by atoms with Gasteiger partial charge >= 0.3 is 0 Å². The molecule has 1 aliphatic heterocycles. The molecule has 0 radical (unpaired) electrons. The summed E-state index contributed by atoms with van der Waals surface area (Å²) in [7, 11) is -4.09. The molecule has 1 saturated heterocycles. The van der Waals surface area contributed by atoms with Crippen molar-refractivity contribution >= 4 is 50.1 Å². The number of carbonyl (C=O) groups excluding carboxylic acids is 2. The molecule has 1 unspecified atom stereocenters. The Morgan fingerprint density at radius 2 is 1.57 bits per heavy atom. The zero-order chi connectivity index (χ0) is 21.5. The van der Waals surface area contributed by atoms with Gasteiger partial charge in [-0.05, 0) is 84.0 Å². The zero-order valence-corrected chi connectivity index (χ0v) is 19.0. The summed E-state index contributed by atoms with van der Waals surface area (Å²) in [6.45, 7) is 0. The zero-order valence-electron chi connectivity index (χ0n) is 16.0. The maximum atomic E-state index is 13.5. The Kier molecular flexibility index (Phi) is 5.95. The smallest absolute Gasteiger partial charge is 0.252 e. The lowest BCUT2D eigenvalue weighted by atomic mass is 10.2. The lowest BCUT2D eigenvalue weighted by molar-refractivity contribution is -0.122. The molecule has 2 aromatic carbocycles. The Labute approximate surface area is 188 Å². The van der Waals surface area contributed by atoms with Gasteiger partial charge in [0.2, 0.25) is 15.9 Å². The van der Waals surface area contributed by atoms with E-state index in [0.717, 1.165) is 33.4 Å². The molecule has 2 aromatic rings. The number of sulfonamides is 1. The minimum Gasteiger partial charge on any atom is -0.274 e. The second kappa shape index (κ2) is 8.35. The monoisotopic (exact) mass is 542 g/mol. The van der Waals surface area contributed by atoms with Crippen molar-refractivity contribution in [1.82, 2.24) is 4.31 Å². The number of carbonyl (C=O) groups is 2. The van der Waals surface area contributed by atoms with Crippen LogP contribution in [0.1, 0.15) is 32.1 Å². The largest absolute Gasteiger partial charge is 0.274 e. The molecular weight excluding hydrogens is 522 g/mol. The van der Waals surface area contributed by atoms with Crippen molar-refractivity contribution in [2.24, 2.45) is 0 Å². The molecule has 158 valence electrons. The molecule has 2 aliphatic rings. The lowest BCUT2D eigenvalue weighted by Crippen LogP contribution is -2.49. The van der Waals surface area contributed by atoms with Gasteiger partial charge in [0.05, 0.1) is 17.0 Å². The molecule has 30 heavy (non-hydrogen) atoms. The molecule has 4 rings (SSSR count). The quantitative estimate of drug-likeness (QED) is 0.427. The van der Waals surface area contributed by atoms with Crippen LogP contribution in [0.2, 0.25) is 0 Å². The topological polar surface area (TPSA) is 74.8 Å². The highest BCUT2D eigenvalue weighted by Gasteiger charge is 2.49. The Bertz CT molecular complexity index is 1070. The van der Waals surface area contributed by atoms with Crippen LogP contribution in [-0.2, 0) is 19.6 Å². The first kappa shape index (κ1) is 21.4. The first-order valence-electron chi connectivity index (χ1n) is 9.70. The van der Waals surface area contributed by atoms with Crippen LogP contribution >= 0.6 is 22.6 Å². The van der Waals surface area contributed by atoms with Crippen molar-refractivity contribution in [1.29, 1.82) is 0 Å². The molecule has 1 aliphatic carbocycles. The Morgan fingerprint density at radius 1 is 0.967 bits per heavy atom. The summed E-state index contributed by atoms with van der Waals surface area (Å²) in [4.78, 5) is 27.0. The molecule has 9 heteroatoms. The van der Waals surface area contributed by atoms with Crippen LogP contribution in [-0.4, -0.2) is 36.6 Å². The minimum atomic E-state index is -4.09. The van der Waals surface area contributed by atoms with Gasteiger partial charge in [-0.1, -0.05) is 12.8 Å². The van der Waals surface area contributed by atoms with Gasteiger partial charge in [0.15, 0.2) is 0 Å². The van der Waals surface area contributed by atoms with Gasteiger partial charge in [-0.15, -0.1) is 0 Å². The van der Waals surface area contributed by atoms with E-state index in [9.17, 15) is 22.4 Å². The molecule has 0 aromatic heterocycles. The molecule has 2 fully saturated rings. The van der Waals surface area contributed by atoms with Crippen LogP contribution < -0.4 is 4.90 Å². The predicted molar refractivity (Wildman–Crippen MR) is 118 cm³/mol. The fourth-order valence-electron chi connectivity index (χ4n) is 4.18. The second-order valence-corrected chi connectivity index (χ2v) is 10.6. The van der Waals surface area contributed by atoms with Gasteiger partial charge < -0.3 is 0 Å². The van der Waals surface area contributed by atoms with E-state index in [1.807, 2.05) is 0 Å². The lowest BCUT2D eigenvalue weighted by Gasteiger charge is -2.32. The van der Waals surface area contributed by atoms with Gasteiger partial charge in [0.25, 0.3) is 5.91 Å². The highest BCUT2D eigenvalue weighted by Crippen LogP contribution is 2.35. The van der Waals surface area contributed by atoms with E-state index in [1.165, 1.54) is 16.4 Å². The number of halogens is 2. The van der Waals surface area contributed by atoms with Crippen molar-refractivity contribution in [3.63, 3.8) is 0 Å². The predicted octanol–water partition coefficient (Wildman–Crippen LogP) is 3.70. The Morgan fingerprint density at radius 3 is 2.17 bits per heavy atom. The summed E-state index contributed by atoms with van der Waals surface area (Å²) in [5.74, 6) is -1.51. The van der Waals surface area contributed by atoms with Crippen LogP contribution in [0, 0.1) is 9.39 Å². The number of amides is 2. The fourth-order valence-corrected chi connectivity index (χ4v) is 6.37. The van der Waals surface area contributed by atoms with Gasteiger partial charge in [-0.2, -0.15) is 4.31 Å². The van der Waals surface area contributed by atoms with Gasteiger partial charge in [-0.3, -0.25) is 9.59 Å². The average molecular weight is 542 g/mol. The number of benzene rings is 2. The van der Waals surface area contributed by atoms with Crippen LogP contribution in [0.25, 0.3) is 0 Å². The van der Waals surface area contributed by atoms with Crippen LogP contribution in [0.3, 0.4) is 0 Å². The fraction of sp³-hybridized carbons (Fsp3) is 0.333. The SMILES string of the molecule is O=C1CC(N(C2CCCC2)S(=O)(=O)c2ccc(F)cc2)C(=O)N1c1ccc(I)cc1. The highest BCUT2D eigenvalue weighted by atomic mass is 127. The highest BCUT2D eigenvalue weighted by molar-refractivity contribution is 14.1. The van der Waals surface area contributed by atoms with E-state index in [2.05, 4.69) is 22.6 Å². The van der Waals surface area contributed by atoms with Gasteiger partial charge in [0.1, 0.15) is 11.9 Å². The maximum Gasteiger partial charge on any atom is 0.252 e. The third-order valence-corrected chi connectivity index (χ3v) is 8.28. The molecule has 2 amide bonds. The van der Waals surface area contributed by atoms with Crippen molar-refractivity contribution in [3.05, 3.63) is 57.9 Å². The number of rotatable bonds is 5. The van der Waals surface area contributed by atoms with Crippen molar-refractivity contribution in [3.8, 4) is 0 Å². The third-order valence-electron chi connectivity index (χ3n) is 5.59. The van der Waals surface area contributed by atoms with Gasteiger partial charge in [-0.25, -0.2) is 17.7 Å². The normalized spacial score (nSPS) is 20.5. The summed E-state index contributed by atoms with van der Waals surface area (Å²) < 4.78 is 42.5. The Balaban J connectivity index is 1.73. The van der Waals surface area contributed by atoms with Crippen LogP contribution in [0.5, 0.6) is 0 Å². The molecule has 6 nitrogen and oxygen atoms in total. The van der Waals surface area contributed by atoms with E-state index in [4.69, 9.17) is 0 Å². The third kappa shape index (κ3) is 3.90. The van der Waals surface area contributed by atoms with Crippen molar-refractivity contribution in [2.45, 2.75) is 49.1 Å². The second-order valence-electron chi connectivity index (χ2n) is 7.49. The molecule has 0 bridgehead atoms. The van der Waals surface area contributed by atoms with Crippen LogP contribution in [0.4, 0.5) is 10.1 Å². The van der Waals surface area contributed by atoms with E-state index in [-0.39, 0.29) is 17.4 Å². The summed E-state index contributed by atoms with van der Waals surface area (Å²) in [5, 5.41) is 0. The summed E-state index contributed by atoms with van der Waals surface area (Å²) in [6, 6.07) is 10.0. The molecular formula is C21H20FIN2O4S. The Hall–Kier alpha value is -1.85. The number of imide groups is 1. The molecule has 1 atom stereocenters. The summed E-state index contributed by atoms with van der Waals surface area (Å²) in [6.07, 6.45) is 2.76. The number of hydrogen-bond acceptors (Lipinski definition) is 4. The molecule has 1 saturated carbocycles. The minimum absolute atomic E-state index is 0.0798. The first-order chi connectivity index (χ1) is 14.3. The molecule has 1 heterocycles. The van der Waals surface area contributed by atoms with Crippen LogP contribution in [0.15, 0.2) is 53.4 Å². The van der Waals surface area contributed by atoms with Crippen molar-refractivity contribution in [2.75, 3.05) is 4.90 Å². The number of nitrogens with zero attached hydrogens (tertiary/aromatic N) is 2. The standard InChI is InChI=1S/C21H20FIN2O4S/c22-14-5-11-18(12-6-14)30(28,29)25(17-3-1-2-4-17)19-13-20(26)24(21(19)27)16-9-7-15(23)8-10-16/h5-12,17,19H,1-4,13H2. The van der Waals surface area contributed by atoms with E-state index in [0.29, 0.717) is 18.5 Å². The van der Waals surface area contributed by atoms with E-state index >= 15 is 0 Å². The summed E-state index contributed by atoms with van der Waals surface area (Å²) in [5.41, 5.74) is 0.429. The first-order valence-corrected chi connectivity index (χ1v) is 12.2.